The molecule has 0 spiro atoms. The summed E-state index contributed by atoms with van der Waals surface area (Å²) in [6.07, 6.45) is -0.198. The highest BCUT2D eigenvalue weighted by atomic mass is 19.3. The van der Waals surface area contributed by atoms with Crippen molar-refractivity contribution < 1.29 is 13.5 Å². The second-order valence-corrected chi connectivity index (χ2v) is 4.12. The molecule has 0 saturated heterocycles. The lowest BCUT2D eigenvalue weighted by molar-refractivity contribution is -0.0130. The van der Waals surface area contributed by atoms with Crippen molar-refractivity contribution in [3.05, 3.63) is 28.8 Å². The van der Waals surface area contributed by atoms with Gasteiger partial charge < -0.3 is 10.1 Å². The van der Waals surface area contributed by atoms with E-state index in [4.69, 9.17) is 4.74 Å². The van der Waals surface area contributed by atoms with Crippen LogP contribution in [0, 0.1) is 13.8 Å². The third kappa shape index (κ3) is 2.94. The van der Waals surface area contributed by atoms with Crippen molar-refractivity contribution >= 4 is 0 Å². The average Bonchev–Trinajstić information content (AvgIpc) is 2.29. The second kappa shape index (κ2) is 5.45. The molecule has 0 aliphatic rings. The van der Waals surface area contributed by atoms with E-state index in [1.807, 2.05) is 0 Å². The fraction of sp³-hybridized carbons (Fsp3) is 0.538. The lowest BCUT2D eigenvalue weighted by atomic mass is 9.96. The fourth-order valence-electron chi connectivity index (χ4n) is 1.83. The molecule has 0 amide bonds. The third-order valence-electron chi connectivity index (χ3n) is 3.04. The second-order valence-electron chi connectivity index (χ2n) is 4.12. The Morgan fingerprint density at radius 3 is 2.41 bits per heavy atom. The molecular weight excluding hydrogens is 224 g/mol. The molecule has 0 aliphatic heterocycles. The van der Waals surface area contributed by atoms with Gasteiger partial charge in [0.2, 0.25) is 0 Å². The molecule has 96 valence electrons. The van der Waals surface area contributed by atoms with Crippen molar-refractivity contribution in [1.29, 1.82) is 0 Å². The summed E-state index contributed by atoms with van der Waals surface area (Å²) in [4.78, 5) is 0. The number of alkyl halides is 2. The molecule has 0 bridgehead atoms. The van der Waals surface area contributed by atoms with E-state index in [0.717, 1.165) is 5.56 Å². The van der Waals surface area contributed by atoms with Crippen LogP contribution in [-0.2, 0) is 5.92 Å². The van der Waals surface area contributed by atoms with Gasteiger partial charge in [-0.25, -0.2) is 8.78 Å². The lowest BCUT2D eigenvalue weighted by Crippen LogP contribution is -2.22. The first-order chi connectivity index (χ1) is 7.94. The SMILES string of the molecule is CNCCC(F)(F)c1ccc(OC)c(C)c1C. The predicted molar refractivity (Wildman–Crippen MR) is 64.9 cm³/mol. The maximum Gasteiger partial charge on any atom is 0.274 e. The van der Waals surface area contributed by atoms with Crippen LogP contribution in [-0.4, -0.2) is 20.7 Å². The maximum absolute atomic E-state index is 13.9. The molecule has 17 heavy (non-hydrogen) atoms. The minimum absolute atomic E-state index is 0.0889. The van der Waals surface area contributed by atoms with E-state index >= 15 is 0 Å². The molecule has 2 nitrogen and oxygen atoms in total. The molecule has 0 atom stereocenters. The zero-order valence-electron chi connectivity index (χ0n) is 10.7. The molecular formula is C13H19F2NO. The first-order valence-electron chi connectivity index (χ1n) is 5.61. The zero-order valence-corrected chi connectivity index (χ0v) is 10.7. The molecule has 0 aromatic heterocycles. The van der Waals surface area contributed by atoms with Crippen molar-refractivity contribution in [2.75, 3.05) is 20.7 Å². The van der Waals surface area contributed by atoms with E-state index < -0.39 is 5.92 Å². The van der Waals surface area contributed by atoms with Gasteiger partial charge in [-0.3, -0.25) is 0 Å². The van der Waals surface area contributed by atoms with Crippen LogP contribution in [0.15, 0.2) is 12.1 Å². The normalized spacial score (nSPS) is 11.6. The summed E-state index contributed by atoms with van der Waals surface area (Å²) in [5.74, 6) is -2.15. The van der Waals surface area contributed by atoms with Gasteiger partial charge in [-0.2, -0.15) is 0 Å². The number of methoxy groups -OCH3 is 1. The van der Waals surface area contributed by atoms with Crippen LogP contribution in [0.3, 0.4) is 0 Å². The average molecular weight is 243 g/mol. The minimum Gasteiger partial charge on any atom is -0.496 e. The number of hydrogen-bond donors (Lipinski definition) is 1. The van der Waals surface area contributed by atoms with E-state index in [0.29, 0.717) is 11.3 Å². The number of benzene rings is 1. The highest BCUT2D eigenvalue weighted by Crippen LogP contribution is 2.36. The monoisotopic (exact) mass is 243 g/mol. The van der Waals surface area contributed by atoms with Crippen molar-refractivity contribution in [3.63, 3.8) is 0 Å². The molecule has 1 rings (SSSR count). The number of hydrogen-bond acceptors (Lipinski definition) is 2. The Morgan fingerprint density at radius 1 is 1.24 bits per heavy atom. The Balaban J connectivity index is 3.10. The van der Waals surface area contributed by atoms with Gasteiger partial charge in [0.15, 0.2) is 0 Å². The third-order valence-corrected chi connectivity index (χ3v) is 3.04. The zero-order chi connectivity index (χ0) is 13.1. The van der Waals surface area contributed by atoms with Crippen molar-refractivity contribution in [3.8, 4) is 5.75 Å². The van der Waals surface area contributed by atoms with Gasteiger partial charge in [-0.15, -0.1) is 0 Å². The summed E-state index contributed by atoms with van der Waals surface area (Å²) in [6, 6.07) is 3.06. The van der Waals surface area contributed by atoms with E-state index in [9.17, 15) is 8.78 Å². The molecule has 0 unspecified atom stereocenters. The van der Waals surface area contributed by atoms with E-state index in [1.165, 1.54) is 6.07 Å². The summed E-state index contributed by atoms with van der Waals surface area (Å²) in [5.41, 5.74) is 1.46. The van der Waals surface area contributed by atoms with E-state index in [-0.39, 0.29) is 18.5 Å². The molecule has 0 aliphatic carbocycles. The quantitative estimate of drug-likeness (QED) is 0.858. The predicted octanol–water partition coefficient (Wildman–Crippen LogP) is 3.01. The van der Waals surface area contributed by atoms with Crippen LogP contribution in [0.2, 0.25) is 0 Å². The van der Waals surface area contributed by atoms with E-state index in [2.05, 4.69) is 5.32 Å². The molecule has 0 radical (unpaired) electrons. The van der Waals surface area contributed by atoms with Crippen molar-refractivity contribution in [2.24, 2.45) is 0 Å². The summed E-state index contributed by atoms with van der Waals surface area (Å²) in [5, 5.41) is 2.75. The standard InChI is InChI=1S/C13H19F2NO/c1-9-10(2)12(17-4)6-5-11(9)13(14,15)7-8-16-3/h5-6,16H,7-8H2,1-4H3. The summed E-state index contributed by atoms with van der Waals surface area (Å²) in [7, 11) is 3.21. The number of ether oxygens (including phenoxy) is 1. The molecule has 0 heterocycles. The number of nitrogens with one attached hydrogen (secondary N) is 1. The Labute approximate surface area is 101 Å². The molecule has 1 N–H and O–H groups in total. The Morgan fingerprint density at radius 2 is 1.88 bits per heavy atom. The topological polar surface area (TPSA) is 21.3 Å². The van der Waals surface area contributed by atoms with Gasteiger partial charge in [0.05, 0.1) is 7.11 Å². The smallest absolute Gasteiger partial charge is 0.274 e. The van der Waals surface area contributed by atoms with Crippen LogP contribution < -0.4 is 10.1 Å². The Kier molecular flexibility index (Phi) is 4.46. The molecule has 4 heteroatoms. The Bertz CT molecular complexity index is 391. The largest absolute Gasteiger partial charge is 0.496 e. The van der Waals surface area contributed by atoms with Gasteiger partial charge >= 0.3 is 0 Å². The van der Waals surface area contributed by atoms with Crippen LogP contribution >= 0.6 is 0 Å². The molecule has 1 aromatic carbocycles. The van der Waals surface area contributed by atoms with Crippen LogP contribution in [0.25, 0.3) is 0 Å². The van der Waals surface area contributed by atoms with Crippen molar-refractivity contribution in [1.82, 2.24) is 5.32 Å². The summed E-state index contributed by atoms with van der Waals surface area (Å²) in [6.45, 7) is 3.80. The van der Waals surface area contributed by atoms with Gasteiger partial charge in [-0.1, -0.05) is 0 Å². The lowest BCUT2D eigenvalue weighted by Gasteiger charge is -2.21. The number of halogens is 2. The minimum atomic E-state index is -2.80. The van der Waals surface area contributed by atoms with Crippen molar-refractivity contribution in [2.45, 2.75) is 26.2 Å². The van der Waals surface area contributed by atoms with Crippen LogP contribution in [0.5, 0.6) is 5.75 Å². The van der Waals surface area contributed by atoms with Gasteiger partial charge in [-0.05, 0) is 44.2 Å². The Hall–Kier alpha value is -1.16. The van der Waals surface area contributed by atoms with Crippen LogP contribution in [0.4, 0.5) is 8.78 Å². The van der Waals surface area contributed by atoms with E-state index in [1.54, 1.807) is 34.1 Å². The maximum atomic E-state index is 13.9. The first kappa shape index (κ1) is 13.9. The van der Waals surface area contributed by atoms with Gasteiger partial charge in [0.1, 0.15) is 5.75 Å². The van der Waals surface area contributed by atoms with Gasteiger partial charge in [0.25, 0.3) is 5.92 Å². The first-order valence-corrected chi connectivity index (χ1v) is 5.61. The number of rotatable bonds is 5. The van der Waals surface area contributed by atoms with Gasteiger partial charge in [0, 0.05) is 18.5 Å². The molecule has 0 fully saturated rings. The highest BCUT2D eigenvalue weighted by Gasteiger charge is 2.33. The summed E-state index contributed by atoms with van der Waals surface area (Å²) < 4.78 is 33.0. The fourth-order valence-corrected chi connectivity index (χ4v) is 1.83. The van der Waals surface area contributed by atoms with Crippen LogP contribution in [0.1, 0.15) is 23.1 Å². The molecule has 0 saturated carbocycles. The highest BCUT2D eigenvalue weighted by molar-refractivity contribution is 5.45. The summed E-state index contributed by atoms with van der Waals surface area (Å²) >= 11 is 0. The molecule has 1 aromatic rings.